The summed E-state index contributed by atoms with van der Waals surface area (Å²) in [5.41, 5.74) is 4.99. The fraction of sp³-hybridized carbons (Fsp3) is 0.250. The van der Waals surface area contributed by atoms with Gasteiger partial charge in [0, 0.05) is 23.2 Å². The minimum atomic E-state index is -0.0967. The zero-order valence-corrected chi connectivity index (χ0v) is 13.2. The number of hydrogen-bond donors (Lipinski definition) is 0. The van der Waals surface area contributed by atoms with Crippen LogP contribution in [0.15, 0.2) is 54.6 Å². The van der Waals surface area contributed by atoms with E-state index in [0.29, 0.717) is 0 Å². The van der Waals surface area contributed by atoms with Crippen molar-refractivity contribution in [3.63, 3.8) is 0 Å². The molecule has 3 aromatic rings. The van der Waals surface area contributed by atoms with Crippen LogP contribution in [-0.2, 0) is 22.4 Å². The standard InChI is InChI=1S/C20H19NO2/c1-23-20(22)14-11-12-17-16-9-5-6-10-18(16)21(19(17)13-14)15-7-3-2-4-8-15/h2-10,14H,11-13H2,1H3. The van der Waals surface area contributed by atoms with E-state index >= 15 is 0 Å². The molecule has 3 nitrogen and oxygen atoms in total. The van der Waals surface area contributed by atoms with Crippen LogP contribution in [0.1, 0.15) is 17.7 Å². The van der Waals surface area contributed by atoms with Gasteiger partial charge in [-0.25, -0.2) is 0 Å². The summed E-state index contributed by atoms with van der Waals surface area (Å²) in [6.45, 7) is 0. The van der Waals surface area contributed by atoms with Crippen LogP contribution in [0.5, 0.6) is 0 Å². The van der Waals surface area contributed by atoms with Crippen LogP contribution < -0.4 is 0 Å². The third kappa shape index (κ3) is 2.24. The molecule has 0 aliphatic heterocycles. The molecule has 1 heterocycles. The summed E-state index contributed by atoms with van der Waals surface area (Å²) >= 11 is 0. The number of rotatable bonds is 2. The van der Waals surface area contributed by atoms with Gasteiger partial charge in [-0.1, -0.05) is 36.4 Å². The monoisotopic (exact) mass is 305 g/mol. The highest BCUT2D eigenvalue weighted by Crippen LogP contribution is 2.36. The number of ether oxygens (including phenoxy) is 1. The largest absolute Gasteiger partial charge is 0.469 e. The average Bonchev–Trinajstić information content (AvgIpc) is 2.95. The van der Waals surface area contributed by atoms with Gasteiger partial charge >= 0.3 is 5.97 Å². The van der Waals surface area contributed by atoms with Crippen LogP contribution in [0.2, 0.25) is 0 Å². The van der Waals surface area contributed by atoms with Gasteiger partial charge < -0.3 is 9.30 Å². The number of aryl methyl sites for hydroxylation is 1. The van der Waals surface area contributed by atoms with Crippen molar-refractivity contribution in [3.8, 4) is 5.69 Å². The van der Waals surface area contributed by atoms with E-state index in [0.717, 1.165) is 24.9 Å². The van der Waals surface area contributed by atoms with Crippen LogP contribution in [0.25, 0.3) is 16.6 Å². The van der Waals surface area contributed by atoms with Gasteiger partial charge in [0.1, 0.15) is 0 Å². The van der Waals surface area contributed by atoms with Crippen molar-refractivity contribution in [2.24, 2.45) is 5.92 Å². The quantitative estimate of drug-likeness (QED) is 0.672. The first-order chi connectivity index (χ1) is 11.3. The first-order valence-corrected chi connectivity index (χ1v) is 8.04. The Morgan fingerprint density at radius 3 is 2.61 bits per heavy atom. The molecule has 1 aliphatic rings. The number of para-hydroxylation sites is 2. The minimum Gasteiger partial charge on any atom is -0.469 e. The lowest BCUT2D eigenvalue weighted by molar-refractivity contribution is -0.145. The second-order valence-corrected chi connectivity index (χ2v) is 6.08. The Morgan fingerprint density at radius 2 is 1.83 bits per heavy atom. The lowest BCUT2D eigenvalue weighted by atomic mass is 9.87. The van der Waals surface area contributed by atoms with Crippen molar-refractivity contribution < 1.29 is 9.53 Å². The molecule has 2 aromatic carbocycles. The molecule has 23 heavy (non-hydrogen) atoms. The number of esters is 1. The van der Waals surface area contributed by atoms with Crippen molar-refractivity contribution in [2.75, 3.05) is 7.11 Å². The number of methoxy groups -OCH3 is 1. The summed E-state index contributed by atoms with van der Waals surface area (Å²) in [7, 11) is 1.48. The maximum atomic E-state index is 12.0. The van der Waals surface area contributed by atoms with E-state index < -0.39 is 0 Å². The van der Waals surface area contributed by atoms with Gasteiger partial charge in [-0.05, 0) is 36.6 Å². The average molecular weight is 305 g/mol. The van der Waals surface area contributed by atoms with E-state index in [9.17, 15) is 4.79 Å². The molecule has 0 saturated heterocycles. The number of carbonyl (C=O) groups excluding carboxylic acids is 1. The van der Waals surface area contributed by atoms with Gasteiger partial charge in [-0.2, -0.15) is 0 Å². The van der Waals surface area contributed by atoms with Crippen molar-refractivity contribution in [2.45, 2.75) is 19.3 Å². The van der Waals surface area contributed by atoms with E-state index in [1.807, 2.05) is 6.07 Å². The second-order valence-electron chi connectivity index (χ2n) is 6.08. The zero-order chi connectivity index (χ0) is 15.8. The van der Waals surface area contributed by atoms with Crippen molar-refractivity contribution in [1.29, 1.82) is 0 Å². The van der Waals surface area contributed by atoms with Crippen molar-refractivity contribution >= 4 is 16.9 Å². The predicted octanol–water partition coefficient (Wildman–Crippen LogP) is 3.91. The maximum absolute atomic E-state index is 12.0. The molecule has 0 N–H and O–H groups in total. The summed E-state index contributed by atoms with van der Waals surface area (Å²) in [6, 6.07) is 18.9. The van der Waals surface area contributed by atoms with E-state index in [-0.39, 0.29) is 11.9 Å². The highest BCUT2D eigenvalue weighted by atomic mass is 16.5. The molecular weight excluding hydrogens is 286 g/mol. The minimum absolute atomic E-state index is 0.0423. The zero-order valence-electron chi connectivity index (χ0n) is 13.2. The second kappa shape index (κ2) is 5.58. The Hall–Kier alpha value is -2.55. The number of benzene rings is 2. The van der Waals surface area contributed by atoms with Crippen LogP contribution in [0.3, 0.4) is 0 Å². The molecule has 0 bridgehead atoms. The molecule has 1 atom stereocenters. The summed E-state index contributed by atoms with van der Waals surface area (Å²) in [4.78, 5) is 12.0. The molecule has 1 aromatic heterocycles. The smallest absolute Gasteiger partial charge is 0.309 e. The summed E-state index contributed by atoms with van der Waals surface area (Å²) < 4.78 is 7.28. The van der Waals surface area contributed by atoms with Gasteiger partial charge in [0.25, 0.3) is 0 Å². The van der Waals surface area contributed by atoms with Crippen LogP contribution in [-0.4, -0.2) is 17.6 Å². The van der Waals surface area contributed by atoms with E-state index in [1.54, 1.807) is 0 Å². The molecule has 0 fully saturated rings. The lowest BCUT2D eigenvalue weighted by Crippen LogP contribution is -2.24. The summed E-state index contributed by atoms with van der Waals surface area (Å²) in [6.07, 6.45) is 2.53. The highest BCUT2D eigenvalue weighted by molar-refractivity contribution is 5.88. The molecular formula is C20H19NO2. The Labute approximate surface area is 135 Å². The van der Waals surface area contributed by atoms with Crippen LogP contribution in [0, 0.1) is 5.92 Å². The van der Waals surface area contributed by atoms with E-state index in [1.165, 1.54) is 29.3 Å². The highest BCUT2D eigenvalue weighted by Gasteiger charge is 2.30. The number of fused-ring (bicyclic) bond motifs is 3. The van der Waals surface area contributed by atoms with Gasteiger partial charge in [0.15, 0.2) is 0 Å². The topological polar surface area (TPSA) is 31.2 Å². The molecule has 0 radical (unpaired) electrons. The predicted molar refractivity (Wildman–Crippen MR) is 90.8 cm³/mol. The van der Waals surface area contributed by atoms with E-state index in [4.69, 9.17) is 4.74 Å². The molecule has 4 rings (SSSR count). The molecule has 0 saturated carbocycles. The first-order valence-electron chi connectivity index (χ1n) is 8.04. The SMILES string of the molecule is COC(=O)C1CCc2c(n(-c3ccccc3)c3ccccc23)C1. The van der Waals surface area contributed by atoms with Gasteiger partial charge in [0.2, 0.25) is 0 Å². The van der Waals surface area contributed by atoms with Gasteiger partial charge in [-0.15, -0.1) is 0 Å². The summed E-state index contributed by atoms with van der Waals surface area (Å²) in [5, 5.41) is 1.30. The number of aromatic nitrogens is 1. The van der Waals surface area contributed by atoms with Gasteiger partial charge in [-0.3, -0.25) is 4.79 Å². The third-order valence-corrected chi connectivity index (χ3v) is 4.82. The Bertz CT molecular complexity index is 864. The first kappa shape index (κ1) is 14.1. The molecule has 1 aliphatic carbocycles. The molecule has 0 spiro atoms. The Morgan fingerprint density at radius 1 is 1.09 bits per heavy atom. The fourth-order valence-corrected chi connectivity index (χ4v) is 3.75. The number of nitrogens with zero attached hydrogens (tertiary/aromatic N) is 1. The normalized spacial score (nSPS) is 17.0. The molecule has 1 unspecified atom stereocenters. The number of carbonyl (C=O) groups is 1. The van der Waals surface area contributed by atoms with Crippen LogP contribution >= 0.6 is 0 Å². The summed E-state index contributed by atoms with van der Waals surface area (Å²) in [5.74, 6) is -0.139. The fourth-order valence-electron chi connectivity index (χ4n) is 3.75. The Balaban J connectivity index is 1.94. The molecule has 116 valence electrons. The van der Waals surface area contributed by atoms with Crippen molar-refractivity contribution in [3.05, 3.63) is 65.9 Å². The van der Waals surface area contributed by atoms with Crippen molar-refractivity contribution in [1.82, 2.24) is 4.57 Å². The molecule has 0 amide bonds. The third-order valence-electron chi connectivity index (χ3n) is 4.82. The lowest BCUT2D eigenvalue weighted by Gasteiger charge is -2.22. The van der Waals surface area contributed by atoms with Crippen LogP contribution in [0.4, 0.5) is 0 Å². The van der Waals surface area contributed by atoms with Gasteiger partial charge in [0.05, 0.1) is 18.5 Å². The number of hydrogen-bond acceptors (Lipinski definition) is 2. The van der Waals surface area contributed by atoms with E-state index in [2.05, 4.69) is 53.1 Å². The Kier molecular flexibility index (Phi) is 3.41. The molecule has 3 heteroatoms. The maximum Gasteiger partial charge on any atom is 0.309 e.